The molecule has 2 heterocycles. The molecule has 104 valence electrons. The van der Waals surface area contributed by atoms with Crippen LogP contribution in [0.5, 0.6) is 0 Å². The molecule has 0 radical (unpaired) electrons. The number of nitrogens with zero attached hydrogens (tertiary/aromatic N) is 4. The molecule has 2 unspecified atom stereocenters. The zero-order chi connectivity index (χ0) is 13.7. The van der Waals surface area contributed by atoms with Crippen LogP contribution in [0.25, 0.3) is 0 Å². The van der Waals surface area contributed by atoms with Gasteiger partial charge in [0.25, 0.3) is 0 Å². The molecule has 0 aliphatic rings. The van der Waals surface area contributed by atoms with E-state index in [1.54, 1.807) is 0 Å². The summed E-state index contributed by atoms with van der Waals surface area (Å²) in [6.07, 6.45) is 14.4. The van der Waals surface area contributed by atoms with E-state index >= 15 is 0 Å². The van der Waals surface area contributed by atoms with E-state index in [4.69, 9.17) is 5.73 Å². The average Bonchev–Trinajstić information content (AvgIpc) is 3.07. The highest BCUT2D eigenvalue weighted by molar-refractivity contribution is 4.83. The lowest BCUT2D eigenvalue weighted by molar-refractivity contribution is -0.694. The second-order valence-corrected chi connectivity index (χ2v) is 5.04. The van der Waals surface area contributed by atoms with Crippen molar-refractivity contribution >= 4 is 0 Å². The highest BCUT2D eigenvalue weighted by Crippen LogP contribution is 2.23. The van der Waals surface area contributed by atoms with Crippen LogP contribution in [0.4, 0.5) is 0 Å². The van der Waals surface area contributed by atoms with E-state index in [0.717, 1.165) is 19.4 Å². The van der Waals surface area contributed by atoms with Crippen LogP contribution in [0.2, 0.25) is 0 Å². The monoisotopic (exact) mass is 262 g/mol. The third-order valence-electron chi connectivity index (χ3n) is 3.64. The van der Waals surface area contributed by atoms with Gasteiger partial charge in [-0.2, -0.15) is 0 Å². The van der Waals surface area contributed by atoms with Crippen molar-refractivity contribution in [2.75, 3.05) is 6.54 Å². The van der Waals surface area contributed by atoms with Gasteiger partial charge in [-0.25, -0.2) is 14.1 Å². The van der Waals surface area contributed by atoms with E-state index in [-0.39, 0.29) is 0 Å². The van der Waals surface area contributed by atoms with Crippen LogP contribution in [-0.2, 0) is 6.54 Å². The molecule has 0 amide bonds. The van der Waals surface area contributed by atoms with Gasteiger partial charge < -0.3 is 10.3 Å². The fourth-order valence-electron chi connectivity index (χ4n) is 2.45. The lowest BCUT2D eigenvalue weighted by Crippen LogP contribution is -2.35. The third kappa shape index (κ3) is 3.44. The SMILES string of the molecule is CCC(CC(C)n1cc[n+](CCN)c1)n1ccnc1. The Labute approximate surface area is 114 Å². The number of imidazole rings is 2. The maximum absolute atomic E-state index is 5.57. The van der Waals surface area contributed by atoms with Crippen molar-refractivity contribution in [3.05, 3.63) is 37.4 Å². The van der Waals surface area contributed by atoms with Gasteiger partial charge in [0.15, 0.2) is 0 Å². The maximum atomic E-state index is 5.57. The molecule has 0 bridgehead atoms. The van der Waals surface area contributed by atoms with Crippen LogP contribution in [0, 0.1) is 0 Å². The predicted octanol–water partition coefficient (Wildman–Crippen LogP) is 1.53. The predicted molar refractivity (Wildman–Crippen MR) is 74.6 cm³/mol. The van der Waals surface area contributed by atoms with E-state index in [2.05, 4.69) is 51.3 Å². The molecule has 19 heavy (non-hydrogen) atoms. The second kappa shape index (κ2) is 6.52. The summed E-state index contributed by atoms with van der Waals surface area (Å²) in [5, 5.41) is 0. The van der Waals surface area contributed by atoms with Crippen LogP contribution >= 0.6 is 0 Å². The van der Waals surface area contributed by atoms with Crippen molar-refractivity contribution in [3.63, 3.8) is 0 Å². The summed E-state index contributed by atoms with van der Waals surface area (Å²) in [7, 11) is 0. The van der Waals surface area contributed by atoms with Gasteiger partial charge in [0.05, 0.1) is 12.4 Å². The second-order valence-electron chi connectivity index (χ2n) is 5.04. The summed E-state index contributed by atoms with van der Waals surface area (Å²) in [6.45, 7) is 6.03. The molecule has 2 aromatic heterocycles. The maximum Gasteiger partial charge on any atom is 0.244 e. The fourth-order valence-corrected chi connectivity index (χ4v) is 2.45. The minimum Gasteiger partial charge on any atom is -0.334 e. The van der Waals surface area contributed by atoms with Crippen molar-refractivity contribution in [2.45, 2.75) is 45.3 Å². The molecule has 2 aromatic rings. The number of rotatable bonds is 7. The average molecular weight is 262 g/mol. The third-order valence-corrected chi connectivity index (χ3v) is 3.64. The molecular formula is C14H24N5+. The minimum atomic E-state index is 0.464. The normalized spacial score (nSPS) is 14.5. The van der Waals surface area contributed by atoms with Gasteiger partial charge in [-0.3, -0.25) is 0 Å². The molecule has 2 atom stereocenters. The highest BCUT2D eigenvalue weighted by Gasteiger charge is 2.17. The number of hydrogen-bond acceptors (Lipinski definition) is 2. The molecule has 5 nitrogen and oxygen atoms in total. The standard InChI is InChI=1S/C14H24N5/c1-3-14(18-7-5-16-11-18)10-13(2)19-9-8-17(12-19)6-4-15/h5,7-9,11-14H,3-4,6,10,15H2,1-2H3/q+1. The van der Waals surface area contributed by atoms with E-state index in [0.29, 0.717) is 18.6 Å². The summed E-state index contributed by atoms with van der Waals surface area (Å²) in [6, 6.07) is 0.967. The summed E-state index contributed by atoms with van der Waals surface area (Å²) in [5.74, 6) is 0. The van der Waals surface area contributed by atoms with Crippen molar-refractivity contribution in [1.82, 2.24) is 14.1 Å². The lowest BCUT2D eigenvalue weighted by Gasteiger charge is -2.19. The molecule has 0 spiro atoms. The number of aromatic nitrogens is 4. The van der Waals surface area contributed by atoms with Gasteiger partial charge in [-0.1, -0.05) is 6.92 Å². The fraction of sp³-hybridized carbons (Fsp3) is 0.571. The van der Waals surface area contributed by atoms with E-state index < -0.39 is 0 Å². The minimum absolute atomic E-state index is 0.464. The first-order valence-corrected chi connectivity index (χ1v) is 6.98. The summed E-state index contributed by atoms with van der Waals surface area (Å²) in [4.78, 5) is 4.14. The van der Waals surface area contributed by atoms with E-state index in [9.17, 15) is 0 Å². The topological polar surface area (TPSA) is 52.6 Å². The first-order chi connectivity index (χ1) is 9.24. The Bertz CT molecular complexity index is 474. The first kappa shape index (κ1) is 13.8. The van der Waals surface area contributed by atoms with Gasteiger partial charge in [-0.05, 0) is 13.3 Å². The van der Waals surface area contributed by atoms with Crippen molar-refractivity contribution in [3.8, 4) is 0 Å². The molecule has 2 N–H and O–H groups in total. The molecule has 0 aliphatic heterocycles. The van der Waals surface area contributed by atoms with Gasteiger partial charge in [0, 0.05) is 31.4 Å². The number of nitrogens with two attached hydrogens (primary N) is 1. The molecule has 5 heteroatoms. The molecule has 0 saturated heterocycles. The van der Waals surface area contributed by atoms with Crippen molar-refractivity contribution in [2.24, 2.45) is 5.73 Å². The zero-order valence-corrected chi connectivity index (χ0v) is 11.8. The largest absolute Gasteiger partial charge is 0.334 e. The van der Waals surface area contributed by atoms with Crippen LogP contribution in [0.3, 0.4) is 0 Å². The lowest BCUT2D eigenvalue weighted by atomic mass is 10.1. The Morgan fingerprint density at radius 2 is 2.16 bits per heavy atom. The van der Waals surface area contributed by atoms with Gasteiger partial charge in [0.1, 0.15) is 18.9 Å². The van der Waals surface area contributed by atoms with Crippen LogP contribution in [0.1, 0.15) is 38.8 Å². The molecule has 0 fully saturated rings. The Morgan fingerprint density at radius 3 is 2.79 bits per heavy atom. The summed E-state index contributed by atoms with van der Waals surface area (Å²) in [5.41, 5.74) is 5.57. The van der Waals surface area contributed by atoms with Crippen LogP contribution in [0.15, 0.2) is 37.4 Å². The molecule has 0 aliphatic carbocycles. The van der Waals surface area contributed by atoms with Gasteiger partial charge >= 0.3 is 0 Å². The first-order valence-electron chi connectivity index (χ1n) is 6.98. The molecule has 0 saturated carbocycles. The van der Waals surface area contributed by atoms with Crippen molar-refractivity contribution in [1.29, 1.82) is 0 Å². The number of hydrogen-bond donors (Lipinski definition) is 1. The van der Waals surface area contributed by atoms with Gasteiger partial charge in [-0.15, -0.1) is 0 Å². The Kier molecular flexibility index (Phi) is 4.74. The highest BCUT2D eigenvalue weighted by atomic mass is 15.1. The summed E-state index contributed by atoms with van der Waals surface area (Å²) >= 11 is 0. The van der Waals surface area contributed by atoms with Crippen molar-refractivity contribution < 1.29 is 4.57 Å². The smallest absolute Gasteiger partial charge is 0.244 e. The summed E-state index contributed by atoms with van der Waals surface area (Å²) < 4.78 is 6.60. The molecular weight excluding hydrogens is 238 g/mol. The van der Waals surface area contributed by atoms with E-state index in [1.807, 2.05) is 18.7 Å². The quantitative estimate of drug-likeness (QED) is 0.769. The Morgan fingerprint density at radius 1 is 1.32 bits per heavy atom. The van der Waals surface area contributed by atoms with E-state index in [1.165, 1.54) is 0 Å². The van der Waals surface area contributed by atoms with Crippen LogP contribution < -0.4 is 10.3 Å². The van der Waals surface area contributed by atoms with Gasteiger partial charge in [0.2, 0.25) is 6.33 Å². The Balaban J connectivity index is 2.00. The molecule has 0 aromatic carbocycles. The molecule has 2 rings (SSSR count). The zero-order valence-electron chi connectivity index (χ0n) is 11.8. The Hall–Kier alpha value is -1.62. The van der Waals surface area contributed by atoms with Crippen LogP contribution in [-0.4, -0.2) is 20.7 Å².